The zero-order valence-corrected chi connectivity index (χ0v) is 12.0. The molecule has 2 unspecified atom stereocenters. The van der Waals surface area contributed by atoms with Gasteiger partial charge in [-0.25, -0.2) is 0 Å². The molecule has 21 heavy (non-hydrogen) atoms. The maximum absolute atomic E-state index is 11.7. The molecule has 7 nitrogen and oxygen atoms in total. The fourth-order valence-corrected chi connectivity index (χ4v) is 3.65. The third kappa shape index (κ3) is 3.04. The molecule has 1 amide bonds. The van der Waals surface area contributed by atoms with Crippen LogP contribution in [0, 0.1) is 0 Å². The molecular formula is C14H22N2O5. The number of hydrogen-bond acceptors (Lipinski definition) is 5. The van der Waals surface area contributed by atoms with E-state index in [0.717, 1.165) is 25.7 Å². The van der Waals surface area contributed by atoms with Gasteiger partial charge in [-0.15, -0.1) is 0 Å². The largest absolute Gasteiger partial charge is 0.480 e. The van der Waals surface area contributed by atoms with Crippen LogP contribution in [0.2, 0.25) is 0 Å². The minimum atomic E-state index is -0.873. The molecule has 3 aliphatic rings. The van der Waals surface area contributed by atoms with Crippen molar-refractivity contribution in [1.82, 2.24) is 10.2 Å². The van der Waals surface area contributed by atoms with Crippen molar-refractivity contribution in [3.8, 4) is 0 Å². The van der Waals surface area contributed by atoms with Gasteiger partial charge in [-0.3, -0.25) is 14.5 Å². The number of carbonyl (C=O) groups is 2. The summed E-state index contributed by atoms with van der Waals surface area (Å²) in [5.74, 6) is -0.970. The topological polar surface area (TPSA) is 88.1 Å². The third-order valence-electron chi connectivity index (χ3n) is 4.84. The number of ether oxygens (including phenoxy) is 2. The SMILES string of the molecule is O=C1CN(C2CCOC3(CCOCC3)C2)C(C(=O)O)CN1. The molecule has 3 rings (SSSR count). The van der Waals surface area contributed by atoms with E-state index in [1.54, 1.807) is 0 Å². The van der Waals surface area contributed by atoms with Crippen molar-refractivity contribution in [1.29, 1.82) is 0 Å². The summed E-state index contributed by atoms with van der Waals surface area (Å²) in [4.78, 5) is 24.9. The number of amides is 1. The molecule has 3 aliphatic heterocycles. The van der Waals surface area contributed by atoms with E-state index in [1.165, 1.54) is 0 Å². The summed E-state index contributed by atoms with van der Waals surface area (Å²) in [7, 11) is 0. The molecule has 0 saturated carbocycles. The molecule has 0 aliphatic carbocycles. The molecule has 0 aromatic rings. The molecule has 3 heterocycles. The van der Waals surface area contributed by atoms with E-state index in [-0.39, 0.29) is 30.6 Å². The molecule has 0 bridgehead atoms. The minimum absolute atomic E-state index is 0.0870. The van der Waals surface area contributed by atoms with Gasteiger partial charge in [-0.2, -0.15) is 0 Å². The average Bonchev–Trinajstić information content (AvgIpc) is 2.47. The van der Waals surface area contributed by atoms with Crippen LogP contribution in [-0.2, 0) is 19.1 Å². The number of carbonyl (C=O) groups excluding carboxylic acids is 1. The van der Waals surface area contributed by atoms with Crippen molar-refractivity contribution in [3.05, 3.63) is 0 Å². The second-order valence-corrected chi connectivity index (χ2v) is 6.12. The second-order valence-electron chi connectivity index (χ2n) is 6.12. The number of hydrogen-bond donors (Lipinski definition) is 2. The van der Waals surface area contributed by atoms with Gasteiger partial charge < -0.3 is 19.9 Å². The van der Waals surface area contributed by atoms with E-state index in [0.29, 0.717) is 19.8 Å². The predicted octanol–water partition coefficient (Wildman–Crippen LogP) is -0.400. The van der Waals surface area contributed by atoms with Gasteiger partial charge in [0.1, 0.15) is 6.04 Å². The Morgan fingerprint density at radius 3 is 2.81 bits per heavy atom. The van der Waals surface area contributed by atoms with Crippen molar-refractivity contribution >= 4 is 11.9 Å². The van der Waals surface area contributed by atoms with Gasteiger partial charge in [-0.05, 0) is 25.7 Å². The summed E-state index contributed by atoms with van der Waals surface area (Å²) in [6.45, 7) is 2.34. The highest BCUT2D eigenvalue weighted by Crippen LogP contribution is 2.36. The van der Waals surface area contributed by atoms with Crippen LogP contribution >= 0.6 is 0 Å². The molecule has 0 aromatic heterocycles. The van der Waals surface area contributed by atoms with Crippen LogP contribution in [0.3, 0.4) is 0 Å². The zero-order valence-electron chi connectivity index (χ0n) is 12.0. The quantitative estimate of drug-likeness (QED) is 0.721. The monoisotopic (exact) mass is 298 g/mol. The van der Waals surface area contributed by atoms with Gasteiger partial charge in [0.2, 0.25) is 5.91 Å². The normalized spacial score (nSPS) is 33.6. The van der Waals surface area contributed by atoms with Crippen molar-refractivity contribution in [3.63, 3.8) is 0 Å². The van der Waals surface area contributed by atoms with E-state index in [1.807, 2.05) is 4.90 Å². The summed E-state index contributed by atoms with van der Waals surface area (Å²) >= 11 is 0. The molecule has 0 aromatic carbocycles. The Morgan fingerprint density at radius 2 is 2.10 bits per heavy atom. The van der Waals surface area contributed by atoms with Gasteiger partial charge in [0.05, 0.1) is 12.1 Å². The smallest absolute Gasteiger partial charge is 0.322 e. The predicted molar refractivity (Wildman–Crippen MR) is 72.9 cm³/mol. The summed E-state index contributed by atoms with van der Waals surface area (Å²) in [6, 6.07) is -0.549. The molecule has 118 valence electrons. The van der Waals surface area contributed by atoms with Crippen molar-refractivity contribution < 1.29 is 24.2 Å². The number of nitrogens with one attached hydrogen (secondary N) is 1. The lowest BCUT2D eigenvalue weighted by atomic mass is 9.83. The maximum atomic E-state index is 11.7. The first kappa shape index (κ1) is 14.7. The third-order valence-corrected chi connectivity index (χ3v) is 4.84. The first-order valence-corrected chi connectivity index (χ1v) is 7.57. The van der Waals surface area contributed by atoms with Crippen LogP contribution in [0.4, 0.5) is 0 Å². The van der Waals surface area contributed by atoms with Gasteiger partial charge in [0.15, 0.2) is 0 Å². The molecule has 1 spiro atoms. The Morgan fingerprint density at radius 1 is 1.33 bits per heavy atom. The summed E-state index contributed by atoms with van der Waals surface area (Å²) in [6.07, 6.45) is 3.26. The lowest BCUT2D eigenvalue weighted by molar-refractivity contribution is -0.166. The Kier molecular flexibility index (Phi) is 4.14. The van der Waals surface area contributed by atoms with Crippen LogP contribution in [0.25, 0.3) is 0 Å². The highest BCUT2D eigenvalue weighted by molar-refractivity contribution is 5.83. The standard InChI is InChI=1S/C14H22N2O5/c17-12-9-16(11(8-15-12)13(18)19)10-1-4-21-14(7-10)2-5-20-6-3-14/h10-11H,1-9H2,(H,15,17)(H,18,19). The van der Waals surface area contributed by atoms with Crippen LogP contribution in [0.1, 0.15) is 25.7 Å². The molecule has 3 saturated heterocycles. The Bertz CT molecular complexity index is 416. The average molecular weight is 298 g/mol. The van der Waals surface area contributed by atoms with E-state index in [4.69, 9.17) is 9.47 Å². The number of carboxylic acids is 1. The van der Waals surface area contributed by atoms with Crippen molar-refractivity contribution in [2.45, 2.75) is 43.4 Å². The van der Waals surface area contributed by atoms with E-state index >= 15 is 0 Å². The molecular weight excluding hydrogens is 276 g/mol. The molecule has 0 radical (unpaired) electrons. The van der Waals surface area contributed by atoms with Gasteiger partial charge in [-0.1, -0.05) is 0 Å². The van der Waals surface area contributed by atoms with E-state index in [9.17, 15) is 14.7 Å². The Hall–Kier alpha value is -1.18. The van der Waals surface area contributed by atoms with Gasteiger partial charge >= 0.3 is 5.97 Å². The van der Waals surface area contributed by atoms with Crippen LogP contribution < -0.4 is 5.32 Å². The lowest BCUT2D eigenvalue weighted by Gasteiger charge is -2.48. The van der Waals surface area contributed by atoms with Crippen LogP contribution in [-0.4, -0.2) is 72.5 Å². The second kappa shape index (κ2) is 5.90. The number of nitrogens with zero attached hydrogens (tertiary/aromatic N) is 1. The Balaban J connectivity index is 1.74. The minimum Gasteiger partial charge on any atom is -0.480 e. The molecule has 7 heteroatoms. The first-order valence-electron chi connectivity index (χ1n) is 7.57. The van der Waals surface area contributed by atoms with Gasteiger partial charge in [0.25, 0.3) is 0 Å². The Labute approximate surface area is 123 Å². The van der Waals surface area contributed by atoms with Crippen LogP contribution in [0.5, 0.6) is 0 Å². The number of aliphatic carboxylic acids is 1. The number of carboxylic acid groups (broad SMARTS) is 1. The summed E-state index contributed by atoms with van der Waals surface area (Å²) in [5, 5.41) is 12.0. The molecule has 3 fully saturated rings. The lowest BCUT2D eigenvalue weighted by Crippen LogP contribution is -2.63. The van der Waals surface area contributed by atoms with Crippen LogP contribution in [0.15, 0.2) is 0 Å². The van der Waals surface area contributed by atoms with Gasteiger partial charge in [0, 0.05) is 32.4 Å². The van der Waals surface area contributed by atoms with E-state index in [2.05, 4.69) is 5.32 Å². The number of piperazine rings is 1. The zero-order chi connectivity index (χ0) is 14.9. The van der Waals surface area contributed by atoms with Crippen molar-refractivity contribution in [2.24, 2.45) is 0 Å². The van der Waals surface area contributed by atoms with Crippen molar-refractivity contribution in [2.75, 3.05) is 32.9 Å². The maximum Gasteiger partial charge on any atom is 0.322 e. The summed E-state index contributed by atoms with van der Waals surface area (Å²) in [5.41, 5.74) is -0.196. The summed E-state index contributed by atoms with van der Waals surface area (Å²) < 4.78 is 11.4. The fraction of sp³-hybridized carbons (Fsp3) is 0.857. The van der Waals surface area contributed by atoms with E-state index < -0.39 is 12.0 Å². The highest BCUT2D eigenvalue weighted by Gasteiger charge is 2.44. The molecule has 2 N–H and O–H groups in total. The first-order chi connectivity index (χ1) is 10.1. The molecule has 2 atom stereocenters. The number of rotatable bonds is 2. The fourth-order valence-electron chi connectivity index (χ4n) is 3.65. The highest BCUT2D eigenvalue weighted by atomic mass is 16.5.